The number of thiophene rings is 1. The number of fused-ring (bicyclic) bond motifs is 3. The SMILES string of the molecule is Cc1ccc(N(c2ccc(C)cc2)c2ccnc(-c3ccc4c(c3)sc3cc(C)ccc34)c2)cc1. The summed E-state index contributed by atoms with van der Waals surface area (Å²) in [7, 11) is 0. The van der Waals surface area contributed by atoms with Crippen LogP contribution in [0, 0.1) is 20.8 Å². The van der Waals surface area contributed by atoms with Crippen LogP contribution in [0.5, 0.6) is 0 Å². The van der Waals surface area contributed by atoms with Gasteiger partial charge in [0.25, 0.3) is 0 Å². The maximum absolute atomic E-state index is 4.76. The number of benzene rings is 4. The summed E-state index contributed by atoms with van der Waals surface area (Å²) >= 11 is 1.85. The van der Waals surface area contributed by atoms with Gasteiger partial charge in [-0.1, -0.05) is 59.7 Å². The molecule has 35 heavy (non-hydrogen) atoms. The summed E-state index contributed by atoms with van der Waals surface area (Å²) in [5.41, 5.74) is 9.26. The molecule has 4 aromatic carbocycles. The van der Waals surface area contributed by atoms with Gasteiger partial charge in [0.1, 0.15) is 0 Å². The van der Waals surface area contributed by atoms with E-state index in [9.17, 15) is 0 Å². The lowest BCUT2D eigenvalue weighted by Gasteiger charge is -2.26. The zero-order valence-electron chi connectivity index (χ0n) is 20.1. The Morgan fingerprint density at radius 2 is 1.11 bits per heavy atom. The maximum Gasteiger partial charge on any atom is 0.0723 e. The van der Waals surface area contributed by atoms with E-state index in [2.05, 4.69) is 123 Å². The van der Waals surface area contributed by atoms with Gasteiger partial charge in [-0.15, -0.1) is 11.3 Å². The zero-order chi connectivity index (χ0) is 23.9. The predicted octanol–water partition coefficient (Wildman–Crippen LogP) is 9.51. The van der Waals surface area contributed by atoms with Crippen molar-refractivity contribution in [2.75, 3.05) is 4.90 Å². The van der Waals surface area contributed by atoms with Gasteiger partial charge in [-0.3, -0.25) is 4.98 Å². The molecule has 0 aliphatic heterocycles. The number of pyridine rings is 1. The second-order valence-corrected chi connectivity index (χ2v) is 10.3. The smallest absolute Gasteiger partial charge is 0.0723 e. The molecule has 6 rings (SSSR count). The van der Waals surface area contributed by atoms with E-state index in [1.54, 1.807) is 0 Å². The largest absolute Gasteiger partial charge is 0.310 e. The topological polar surface area (TPSA) is 16.1 Å². The van der Waals surface area contributed by atoms with Crippen LogP contribution in [-0.4, -0.2) is 4.98 Å². The first kappa shape index (κ1) is 21.6. The molecule has 0 fully saturated rings. The summed E-state index contributed by atoms with van der Waals surface area (Å²) < 4.78 is 2.63. The standard InChI is InChI=1S/C32H26N2S/c1-21-4-10-25(11-5-21)34(26-12-6-22(2)7-13-26)27-16-17-33-30(20-27)24-9-15-29-28-14-8-23(3)18-31(28)35-32(29)19-24/h4-20H,1-3H3. The molecule has 0 aliphatic rings. The van der Waals surface area contributed by atoms with Gasteiger partial charge in [0.2, 0.25) is 0 Å². The first-order valence-corrected chi connectivity index (χ1v) is 12.7. The van der Waals surface area contributed by atoms with E-state index >= 15 is 0 Å². The molecule has 0 radical (unpaired) electrons. The van der Waals surface area contributed by atoms with Crippen LogP contribution in [0.3, 0.4) is 0 Å². The van der Waals surface area contributed by atoms with Crippen LogP contribution < -0.4 is 4.90 Å². The highest BCUT2D eigenvalue weighted by Gasteiger charge is 2.14. The van der Waals surface area contributed by atoms with Crippen LogP contribution >= 0.6 is 11.3 Å². The van der Waals surface area contributed by atoms with Gasteiger partial charge in [-0.2, -0.15) is 0 Å². The van der Waals surface area contributed by atoms with Crippen molar-refractivity contribution < 1.29 is 0 Å². The fourth-order valence-corrected chi connectivity index (χ4v) is 5.84. The van der Waals surface area contributed by atoms with Crippen molar-refractivity contribution in [2.24, 2.45) is 0 Å². The Balaban J connectivity index is 1.46. The van der Waals surface area contributed by atoms with Gasteiger partial charge >= 0.3 is 0 Å². The molecule has 0 N–H and O–H groups in total. The third-order valence-corrected chi connectivity index (χ3v) is 7.63. The van der Waals surface area contributed by atoms with Crippen LogP contribution in [0.15, 0.2) is 103 Å². The van der Waals surface area contributed by atoms with Crippen LogP contribution in [0.4, 0.5) is 17.1 Å². The molecule has 0 amide bonds. The fraction of sp³-hybridized carbons (Fsp3) is 0.0938. The molecule has 3 heteroatoms. The van der Waals surface area contributed by atoms with Crippen molar-refractivity contribution in [1.82, 2.24) is 4.98 Å². The van der Waals surface area contributed by atoms with Gasteiger partial charge in [0.15, 0.2) is 0 Å². The van der Waals surface area contributed by atoms with E-state index < -0.39 is 0 Å². The number of aromatic nitrogens is 1. The normalized spacial score (nSPS) is 11.3. The minimum absolute atomic E-state index is 0.974. The molecule has 0 saturated heterocycles. The Hall–Kier alpha value is -3.95. The van der Waals surface area contributed by atoms with E-state index in [0.29, 0.717) is 0 Å². The third-order valence-electron chi connectivity index (χ3n) is 6.51. The number of hydrogen-bond donors (Lipinski definition) is 0. The average molecular weight is 471 g/mol. The minimum Gasteiger partial charge on any atom is -0.310 e. The van der Waals surface area contributed by atoms with Gasteiger partial charge in [0.05, 0.1) is 5.69 Å². The highest BCUT2D eigenvalue weighted by molar-refractivity contribution is 7.25. The number of anilines is 3. The van der Waals surface area contributed by atoms with Gasteiger partial charge in [0, 0.05) is 49.0 Å². The van der Waals surface area contributed by atoms with Crippen molar-refractivity contribution in [3.8, 4) is 11.3 Å². The van der Waals surface area contributed by atoms with Gasteiger partial charge < -0.3 is 4.90 Å². The third kappa shape index (κ3) is 4.09. The lowest BCUT2D eigenvalue weighted by molar-refractivity contribution is 1.24. The fourth-order valence-electron chi connectivity index (χ4n) is 4.59. The number of rotatable bonds is 4. The lowest BCUT2D eigenvalue weighted by Crippen LogP contribution is -2.10. The molecule has 0 atom stereocenters. The number of nitrogens with zero attached hydrogens (tertiary/aromatic N) is 2. The van der Waals surface area contributed by atoms with E-state index in [1.165, 1.54) is 36.9 Å². The summed E-state index contributed by atoms with van der Waals surface area (Å²) in [6.45, 7) is 6.39. The average Bonchev–Trinajstić information content (AvgIpc) is 3.23. The molecule has 6 aromatic rings. The van der Waals surface area contributed by atoms with Crippen molar-refractivity contribution in [3.05, 3.63) is 120 Å². The maximum atomic E-state index is 4.76. The second-order valence-electron chi connectivity index (χ2n) is 9.22. The lowest BCUT2D eigenvalue weighted by atomic mass is 10.1. The summed E-state index contributed by atoms with van der Waals surface area (Å²) in [4.78, 5) is 7.06. The van der Waals surface area contributed by atoms with Gasteiger partial charge in [-0.05, 0) is 74.9 Å². The monoisotopic (exact) mass is 470 g/mol. The first-order valence-electron chi connectivity index (χ1n) is 11.9. The van der Waals surface area contributed by atoms with E-state index in [-0.39, 0.29) is 0 Å². The Morgan fingerprint density at radius 1 is 0.543 bits per heavy atom. The van der Waals surface area contributed by atoms with Crippen molar-refractivity contribution in [1.29, 1.82) is 0 Å². The summed E-state index contributed by atoms with van der Waals surface area (Å²) in [5.74, 6) is 0. The zero-order valence-corrected chi connectivity index (χ0v) is 20.9. The molecule has 0 bridgehead atoms. The quantitative estimate of drug-likeness (QED) is 0.255. The van der Waals surface area contributed by atoms with Gasteiger partial charge in [-0.25, -0.2) is 0 Å². The van der Waals surface area contributed by atoms with Crippen molar-refractivity contribution >= 4 is 48.6 Å². The summed E-state index contributed by atoms with van der Waals surface area (Å²) in [5, 5.41) is 2.64. The molecule has 0 unspecified atom stereocenters. The van der Waals surface area contributed by atoms with Crippen LogP contribution in [-0.2, 0) is 0 Å². The number of hydrogen-bond acceptors (Lipinski definition) is 3. The first-order chi connectivity index (χ1) is 17.0. The molecule has 0 spiro atoms. The molecular weight excluding hydrogens is 444 g/mol. The Labute approximate surface area is 210 Å². The summed E-state index contributed by atoms with van der Waals surface area (Å²) in [6, 6.07) is 35.1. The van der Waals surface area contributed by atoms with E-state index in [0.717, 1.165) is 28.3 Å². The molecular formula is C32H26N2S. The van der Waals surface area contributed by atoms with E-state index in [4.69, 9.17) is 4.98 Å². The van der Waals surface area contributed by atoms with Crippen LogP contribution in [0.2, 0.25) is 0 Å². The van der Waals surface area contributed by atoms with Crippen molar-refractivity contribution in [3.63, 3.8) is 0 Å². The highest BCUT2D eigenvalue weighted by Crippen LogP contribution is 2.39. The molecule has 0 aliphatic carbocycles. The summed E-state index contributed by atoms with van der Waals surface area (Å²) in [6.07, 6.45) is 1.92. The Morgan fingerprint density at radius 3 is 1.77 bits per heavy atom. The molecule has 170 valence electrons. The van der Waals surface area contributed by atoms with Crippen LogP contribution in [0.25, 0.3) is 31.4 Å². The number of aryl methyl sites for hydroxylation is 3. The molecule has 0 saturated carbocycles. The second kappa shape index (κ2) is 8.68. The Bertz CT molecular complexity index is 1620. The van der Waals surface area contributed by atoms with E-state index in [1.807, 2.05) is 17.5 Å². The Kier molecular flexibility index (Phi) is 5.35. The predicted molar refractivity (Wildman–Crippen MR) is 151 cm³/mol. The molecule has 2 heterocycles. The van der Waals surface area contributed by atoms with Crippen LogP contribution in [0.1, 0.15) is 16.7 Å². The molecule has 2 aromatic heterocycles. The highest BCUT2D eigenvalue weighted by atomic mass is 32.1. The molecule has 2 nitrogen and oxygen atoms in total. The minimum atomic E-state index is 0.974. The van der Waals surface area contributed by atoms with Crippen molar-refractivity contribution in [2.45, 2.75) is 20.8 Å².